The van der Waals surface area contributed by atoms with Gasteiger partial charge in [0.25, 0.3) is 0 Å². The number of anilines is 1. The zero-order valence-electron chi connectivity index (χ0n) is 24.1. The van der Waals surface area contributed by atoms with Crippen LogP contribution < -0.4 is 9.64 Å². The van der Waals surface area contributed by atoms with Crippen molar-refractivity contribution in [2.75, 3.05) is 37.6 Å². The zero-order chi connectivity index (χ0) is 29.4. The molecular weight excluding hydrogens is 534 g/mol. The predicted molar refractivity (Wildman–Crippen MR) is 171 cm³/mol. The number of ether oxygens (including phenoxy) is 1. The lowest BCUT2D eigenvalue weighted by Gasteiger charge is -2.37. The van der Waals surface area contributed by atoms with E-state index in [9.17, 15) is 9.59 Å². The number of esters is 1. The first-order valence-electron chi connectivity index (χ1n) is 14.8. The van der Waals surface area contributed by atoms with Crippen LogP contribution in [0.2, 0.25) is 0 Å². The minimum absolute atomic E-state index is 0.174. The highest BCUT2D eigenvalue weighted by atomic mass is 16.5. The van der Waals surface area contributed by atoms with Crippen molar-refractivity contribution >= 4 is 28.2 Å². The van der Waals surface area contributed by atoms with Crippen LogP contribution in [0.1, 0.15) is 22.6 Å². The molecule has 6 rings (SSSR count). The summed E-state index contributed by atoms with van der Waals surface area (Å²) in [7, 11) is 0. The summed E-state index contributed by atoms with van der Waals surface area (Å²) in [6, 6.07) is 35.6. The van der Waals surface area contributed by atoms with Gasteiger partial charge in [-0.3, -0.25) is 19.5 Å². The Labute approximate surface area is 252 Å². The summed E-state index contributed by atoms with van der Waals surface area (Å²) in [6.07, 6.45) is 4.17. The van der Waals surface area contributed by atoms with E-state index in [1.165, 1.54) is 5.69 Å². The van der Waals surface area contributed by atoms with Crippen molar-refractivity contribution in [1.29, 1.82) is 0 Å². The first kappa shape index (κ1) is 28.3. The van der Waals surface area contributed by atoms with E-state index in [1.807, 2.05) is 72.9 Å². The van der Waals surface area contributed by atoms with Crippen molar-refractivity contribution in [3.05, 3.63) is 138 Å². The normalized spacial score (nSPS) is 14.4. The van der Waals surface area contributed by atoms with Crippen LogP contribution in [0, 0.1) is 0 Å². The van der Waals surface area contributed by atoms with Crippen molar-refractivity contribution in [2.24, 2.45) is 0 Å². The highest BCUT2D eigenvalue weighted by Gasteiger charge is 2.26. The van der Waals surface area contributed by atoms with E-state index in [0.717, 1.165) is 53.6 Å². The lowest BCUT2D eigenvalue weighted by molar-refractivity contribution is -0.133. The summed E-state index contributed by atoms with van der Waals surface area (Å²) in [5.41, 5.74) is 4.07. The molecule has 0 N–H and O–H groups in total. The molecule has 0 spiro atoms. The van der Waals surface area contributed by atoms with Crippen molar-refractivity contribution in [3.63, 3.8) is 0 Å². The maximum absolute atomic E-state index is 13.9. The molecule has 5 aromatic rings. The van der Waals surface area contributed by atoms with Gasteiger partial charge in [0.2, 0.25) is 0 Å². The molecule has 0 aliphatic carbocycles. The first-order chi connectivity index (χ1) is 21.1. The van der Waals surface area contributed by atoms with E-state index >= 15 is 0 Å². The molecule has 216 valence electrons. The smallest absolute Gasteiger partial charge is 0.315 e. The summed E-state index contributed by atoms with van der Waals surface area (Å²) in [4.78, 5) is 35.4. The Bertz CT molecular complexity index is 1660. The van der Waals surface area contributed by atoms with Gasteiger partial charge in [-0.2, -0.15) is 0 Å². The Kier molecular flexibility index (Phi) is 8.85. The van der Waals surface area contributed by atoms with E-state index in [1.54, 1.807) is 18.3 Å². The van der Waals surface area contributed by atoms with Gasteiger partial charge in [0.05, 0.1) is 12.3 Å². The molecule has 1 atom stereocenters. The lowest BCUT2D eigenvalue weighted by atomic mass is 9.89. The van der Waals surface area contributed by atoms with E-state index in [-0.39, 0.29) is 24.1 Å². The average Bonchev–Trinajstić information content (AvgIpc) is 3.05. The van der Waals surface area contributed by atoms with E-state index in [0.29, 0.717) is 18.7 Å². The summed E-state index contributed by atoms with van der Waals surface area (Å²) >= 11 is 0. The van der Waals surface area contributed by atoms with Gasteiger partial charge in [-0.15, -0.1) is 0 Å². The van der Waals surface area contributed by atoms with Crippen LogP contribution in [0.3, 0.4) is 0 Å². The fraction of sp³-hybridized carbons (Fsp3) is 0.216. The number of piperazine rings is 1. The molecule has 1 saturated heterocycles. The molecule has 4 aromatic carbocycles. The second kappa shape index (κ2) is 13.4. The number of benzene rings is 4. The summed E-state index contributed by atoms with van der Waals surface area (Å²) in [6.45, 7) is 4.25. The van der Waals surface area contributed by atoms with Crippen LogP contribution in [0.4, 0.5) is 5.69 Å². The monoisotopic (exact) mass is 569 g/mol. The number of rotatable bonds is 10. The topological polar surface area (TPSA) is 62.7 Å². The van der Waals surface area contributed by atoms with Crippen LogP contribution in [0.15, 0.2) is 122 Å². The number of carbonyl (C=O) groups excluding carboxylic acids is 2. The number of carbonyl (C=O) groups is 2. The maximum Gasteiger partial charge on any atom is 0.315 e. The van der Waals surface area contributed by atoms with Gasteiger partial charge < -0.3 is 9.64 Å². The Morgan fingerprint density at radius 2 is 1.44 bits per heavy atom. The molecule has 0 saturated carbocycles. The second-order valence-electron chi connectivity index (χ2n) is 11.1. The summed E-state index contributed by atoms with van der Waals surface area (Å²) < 4.78 is 5.61. The maximum atomic E-state index is 13.9. The predicted octanol–water partition coefficient (Wildman–Crippen LogP) is 6.10. The summed E-state index contributed by atoms with van der Waals surface area (Å²) in [5, 5.41) is 2.14. The standard InChI is InChI=1S/C37H35N3O3/c41-36(24-29-11-12-32-26-38-18-17-31(32)23-29)35(27-39-19-21-40(22-20-39)33-9-5-2-6-10-33)30-13-15-34(16-14-30)43-37(42)25-28-7-3-1-4-8-28/h1-18,23,26,35H,19-22,24-25,27H2. The SMILES string of the molecule is O=C(Cc1ccccc1)Oc1ccc(C(CN2CCN(c3ccccc3)CC2)C(=O)Cc2ccc3cnccc3c2)cc1. The van der Waals surface area contributed by atoms with Gasteiger partial charge in [-0.25, -0.2) is 0 Å². The molecular formula is C37H35N3O3. The highest BCUT2D eigenvalue weighted by molar-refractivity contribution is 5.90. The van der Waals surface area contributed by atoms with Crippen molar-refractivity contribution in [2.45, 2.75) is 18.8 Å². The molecule has 1 unspecified atom stereocenters. The molecule has 1 aromatic heterocycles. The Balaban J connectivity index is 1.16. The molecule has 6 nitrogen and oxygen atoms in total. The van der Waals surface area contributed by atoms with E-state index in [4.69, 9.17) is 4.74 Å². The molecule has 0 bridgehead atoms. The second-order valence-corrected chi connectivity index (χ2v) is 11.1. The molecule has 6 heteroatoms. The Hall–Kier alpha value is -4.81. The van der Waals surface area contributed by atoms with Crippen molar-refractivity contribution < 1.29 is 14.3 Å². The third kappa shape index (κ3) is 7.34. The number of Topliss-reactive ketones (excluding diaryl/α,β-unsaturated/α-hetero) is 1. The third-order valence-corrected chi connectivity index (χ3v) is 8.11. The zero-order valence-corrected chi connectivity index (χ0v) is 24.1. The minimum Gasteiger partial charge on any atom is -0.426 e. The van der Waals surface area contributed by atoms with E-state index in [2.05, 4.69) is 45.1 Å². The number of nitrogens with zero attached hydrogens (tertiary/aromatic N) is 3. The van der Waals surface area contributed by atoms with Gasteiger partial charge in [-0.05, 0) is 52.4 Å². The number of pyridine rings is 1. The number of hydrogen-bond donors (Lipinski definition) is 0. The number of aromatic nitrogens is 1. The Morgan fingerprint density at radius 3 is 2.19 bits per heavy atom. The molecule has 1 fully saturated rings. The number of hydrogen-bond acceptors (Lipinski definition) is 6. The first-order valence-corrected chi connectivity index (χ1v) is 14.8. The van der Waals surface area contributed by atoms with Crippen LogP contribution >= 0.6 is 0 Å². The quantitative estimate of drug-likeness (QED) is 0.150. The number of para-hydroxylation sites is 1. The fourth-order valence-corrected chi connectivity index (χ4v) is 5.74. The van der Waals surface area contributed by atoms with E-state index < -0.39 is 0 Å². The molecule has 1 aliphatic heterocycles. The average molecular weight is 570 g/mol. The van der Waals surface area contributed by atoms with Gasteiger partial charge in [-0.1, -0.05) is 78.9 Å². The largest absolute Gasteiger partial charge is 0.426 e. The molecule has 43 heavy (non-hydrogen) atoms. The van der Waals surface area contributed by atoms with Crippen molar-refractivity contribution in [3.8, 4) is 5.75 Å². The lowest BCUT2D eigenvalue weighted by Crippen LogP contribution is -2.48. The molecule has 1 aliphatic rings. The van der Waals surface area contributed by atoms with Gasteiger partial charge in [0, 0.05) is 62.6 Å². The van der Waals surface area contributed by atoms with Gasteiger partial charge >= 0.3 is 5.97 Å². The van der Waals surface area contributed by atoms with Crippen molar-refractivity contribution in [1.82, 2.24) is 9.88 Å². The third-order valence-electron chi connectivity index (χ3n) is 8.11. The number of ketones is 1. The molecule has 0 radical (unpaired) electrons. The molecule has 0 amide bonds. The summed E-state index contributed by atoms with van der Waals surface area (Å²) in [5.74, 6) is 0.0445. The van der Waals surface area contributed by atoms with Crippen LogP contribution in [-0.4, -0.2) is 54.4 Å². The number of fused-ring (bicyclic) bond motifs is 1. The Morgan fingerprint density at radius 1 is 0.721 bits per heavy atom. The van der Waals surface area contributed by atoms with Gasteiger partial charge in [0.15, 0.2) is 0 Å². The molecule has 2 heterocycles. The van der Waals surface area contributed by atoms with Crippen LogP contribution in [-0.2, 0) is 22.4 Å². The van der Waals surface area contributed by atoms with Gasteiger partial charge in [0.1, 0.15) is 11.5 Å². The highest BCUT2D eigenvalue weighted by Crippen LogP contribution is 2.26. The fourth-order valence-electron chi connectivity index (χ4n) is 5.74. The minimum atomic E-state index is -0.311. The van der Waals surface area contributed by atoms with Crippen LogP contribution in [0.25, 0.3) is 10.8 Å². The van der Waals surface area contributed by atoms with Crippen LogP contribution in [0.5, 0.6) is 5.75 Å².